The van der Waals surface area contributed by atoms with Crippen LogP contribution in [0.1, 0.15) is 5.56 Å². The summed E-state index contributed by atoms with van der Waals surface area (Å²) in [5.74, 6) is -0.708. The van der Waals surface area contributed by atoms with Crippen molar-refractivity contribution in [3.8, 4) is 0 Å². The third kappa shape index (κ3) is 3.66. The fourth-order valence-electron chi connectivity index (χ4n) is 1.99. The molecule has 1 aliphatic heterocycles. The van der Waals surface area contributed by atoms with Gasteiger partial charge in [0.15, 0.2) is 5.17 Å². The van der Waals surface area contributed by atoms with Gasteiger partial charge < -0.3 is 5.32 Å². The predicted octanol–water partition coefficient (Wildman–Crippen LogP) is 3.63. The summed E-state index contributed by atoms with van der Waals surface area (Å²) in [6, 6.07) is 11.5. The van der Waals surface area contributed by atoms with Crippen molar-refractivity contribution in [3.05, 3.63) is 74.9 Å². The summed E-state index contributed by atoms with van der Waals surface area (Å²) in [4.78, 5) is 26.9. The van der Waals surface area contributed by atoms with E-state index in [2.05, 4.69) is 10.3 Å². The van der Waals surface area contributed by atoms with E-state index in [9.17, 15) is 19.3 Å². The molecule has 24 heavy (non-hydrogen) atoms. The van der Waals surface area contributed by atoms with Crippen molar-refractivity contribution in [2.75, 3.05) is 0 Å². The molecule has 120 valence electrons. The van der Waals surface area contributed by atoms with Crippen molar-refractivity contribution in [3.63, 3.8) is 0 Å². The van der Waals surface area contributed by atoms with E-state index in [1.807, 2.05) is 0 Å². The Labute approximate surface area is 140 Å². The third-order valence-electron chi connectivity index (χ3n) is 3.09. The molecule has 2 aromatic carbocycles. The number of nitrogens with zero attached hydrogens (tertiary/aromatic N) is 2. The van der Waals surface area contributed by atoms with Crippen molar-refractivity contribution in [2.45, 2.75) is 0 Å². The number of non-ortho nitro benzene ring substituents is 1. The van der Waals surface area contributed by atoms with Crippen LogP contribution < -0.4 is 5.32 Å². The van der Waals surface area contributed by atoms with Gasteiger partial charge >= 0.3 is 0 Å². The predicted molar refractivity (Wildman–Crippen MR) is 90.3 cm³/mol. The molecule has 1 N–H and O–H groups in total. The van der Waals surface area contributed by atoms with Gasteiger partial charge in [0.05, 0.1) is 15.5 Å². The average Bonchev–Trinajstić information content (AvgIpc) is 2.89. The maximum absolute atomic E-state index is 12.9. The van der Waals surface area contributed by atoms with Crippen molar-refractivity contribution < 1.29 is 14.1 Å². The number of halogens is 1. The Morgan fingerprint density at radius 1 is 1.21 bits per heavy atom. The highest BCUT2D eigenvalue weighted by molar-refractivity contribution is 8.18. The van der Waals surface area contributed by atoms with E-state index in [4.69, 9.17) is 0 Å². The molecule has 1 aliphatic rings. The molecule has 6 nitrogen and oxygen atoms in total. The molecule has 1 fully saturated rings. The lowest BCUT2D eigenvalue weighted by Gasteiger charge is -1.96. The van der Waals surface area contributed by atoms with Crippen LogP contribution in [0.25, 0.3) is 6.08 Å². The highest BCUT2D eigenvalue weighted by atomic mass is 32.2. The molecule has 0 unspecified atom stereocenters. The second-order valence-corrected chi connectivity index (χ2v) is 5.84. The van der Waals surface area contributed by atoms with Crippen molar-refractivity contribution >= 4 is 40.3 Å². The second kappa shape index (κ2) is 6.63. The second-order valence-electron chi connectivity index (χ2n) is 4.81. The Bertz CT molecular complexity index is 878. The number of nitro groups is 1. The first-order valence-corrected chi connectivity index (χ1v) is 7.62. The molecule has 0 spiro atoms. The molecule has 0 aromatic heterocycles. The minimum absolute atomic E-state index is 0.0482. The Balaban J connectivity index is 1.83. The van der Waals surface area contributed by atoms with Crippen molar-refractivity contribution in [1.29, 1.82) is 0 Å². The van der Waals surface area contributed by atoms with Gasteiger partial charge in [0, 0.05) is 12.1 Å². The van der Waals surface area contributed by atoms with Crippen LogP contribution in [0.5, 0.6) is 0 Å². The standard InChI is InChI=1S/C16H10FN3O3S/c17-11-4-6-12(7-5-11)18-16-19-15(21)14(24-16)9-10-2-1-3-13(8-10)20(22)23/h1-9H,(H,18,19,21). The number of amidine groups is 1. The van der Waals surface area contributed by atoms with E-state index in [1.165, 1.54) is 36.4 Å². The number of benzene rings is 2. The summed E-state index contributed by atoms with van der Waals surface area (Å²) in [6.07, 6.45) is 1.56. The zero-order valence-electron chi connectivity index (χ0n) is 12.1. The van der Waals surface area contributed by atoms with Crippen LogP contribution in [0.4, 0.5) is 15.8 Å². The highest BCUT2D eigenvalue weighted by Gasteiger charge is 2.24. The summed E-state index contributed by atoms with van der Waals surface area (Å²) >= 11 is 1.11. The highest BCUT2D eigenvalue weighted by Crippen LogP contribution is 2.28. The summed E-state index contributed by atoms with van der Waals surface area (Å²) in [5.41, 5.74) is 1.01. The third-order valence-corrected chi connectivity index (χ3v) is 4.00. The van der Waals surface area contributed by atoms with E-state index in [-0.39, 0.29) is 17.4 Å². The zero-order valence-corrected chi connectivity index (χ0v) is 12.9. The van der Waals surface area contributed by atoms with E-state index in [0.29, 0.717) is 21.3 Å². The van der Waals surface area contributed by atoms with E-state index < -0.39 is 4.92 Å². The molecule has 1 amide bonds. The molecule has 3 rings (SSSR count). The zero-order chi connectivity index (χ0) is 17.1. The lowest BCUT2D eigenvalue weighted by atomic mass is 10.2. The molecular weight excluding hydrogens is 333 g/mol. The number of hydrogen-bond donors (Lipinski definition) is 1. The molecule has 0 aliphatic carbocycles. The number of rotatable bonds is 3. The van der Waals surface area contributed by atoms with E-state index in [0.717, 1.165) is 11.8 Å². The van der Waals surface area contributed by atoms with Crippen LogP contribution >= 0.6 is 11.8 Å². The van der Waals surface area contributed by atoms with Gasteiger partial charge in [0.25, 0.3) is 11.6 Å². The number of aliphatic imine (C=N–C) groups is 1. The van der Waals surface area contributed by atoms with Gasteiger partial charge in [0.1, 0.15) is 5.82 Å². The average molecular weight is 343 g/mol. The lowest BCUT2D eigenvalue weighted by Crippen LogP contribution is -2.19. The monoisotopic (exact) mass is 343 g/mol. The normalized spacial score (nSPS) is 17.3. The minimum Gasteiger partial charge on any atom is -0.300 e. The molecule has 8 heteroatoms. The quantitative estimate of drug-likeness (QED) is 0.524. The number of amides is 1. The number of nitrogens with one attached hydrogen (secondary N) is 1. The maximum atomic E-state index is 12.9. The molecule has 0 saturated carbocycles. The summed E-state index contributed by atoms with van der Waals surface area (Å²) in [7, 11) is 0. The molecule has 0 bridgehead atoms. The van der Waals surface area contributed by atoms with Gasteiger partial charge in [-0.2, -0.15) is 0 Å². The topological polar surface area (TPSA) is 84.6 Å². The van der Waals surface area contributed by atoms with Gasteiger partial charge in [-0.1, -0.05) is 12.1 Å². The van der Waals surface area contributed by atoms with Crippen molar-refractivity contribution in [1.82, 2.24) is 5.32 Å². The molecule has 0 radical (unpaired) electrons. The van der Waals surface area contributed by atoms with Gasteiger partial charge in [-0.25, -0.2) is 9.38 Å². The van der Waals surface area contributed by atoms with Gasteiger partial charge in [-0.3, -0.25) is 14.9 Å². The SMILES string of the molecule is O=C1NC(=Nc2ccc(F)cc2)SC1=Cc1cccc([N+](=O)[O-])c1. The van der Waals surface area contributed by atoms with E-state index >= 15 is 0 Å². The van der Waals surface area contributed by atoms with Crippen LogP contribution in [-0.4, -0.2) is 16.0 Å². The summed E-state index contributed by atoms with van der Waals surface area (Å²) < 4.78 is 12.9. The summed E-state index contributed by atoms with van der Waals surface area (Å²) in [6.45, 7) is 0. The van der Waals surface area contributed by atoms with Gasteiger partial charge in [0.2, 0.25) is 0 Å². The fraction of sp³-hybridized carbons (Fsp3) is 0. The Kier molecular flexibility index (Phi) is 4.39. The smallest absolute Gasteiger partial charge is 0.270 e. The van der Waals surface area contributed by atoms with Gasteiger partial charge in [-0.05, 0) is 47.7 Å². The molecule has 2 aromatic rings. The first kappa shape index (κ1) is 15.9. The van der Waals surface area contributed by atoms with Crippen LogP contribution in [0.3, 0.4) is 0 Å². The first-order valence-electron chi connectivity index (χ1n) is 6.81. The Hall–Kier alpha value is -3.00. The molecule has 0 atom stereocenters. The minimum atomic E-state index is -0.495. The number of nitro benzene ring substituents is 1. The fourth-order valence-corrected chi connectivity index (χ4v) is 2.83. The van der Waals surface area contributed by atoms with Crippen molar-refractivity contribution in [2.24, 2.45) is 4.99 Å². The number of hydrogen-bond acceptors (Lipinski definition) is 5. The number of carbonyl (C=O) groups is 1. The van der Waals surface area contributed by atoms with E-state index in [1.54, 1.807) is 18.2 Å². The number of carbonyl (C=O) groups excluding carboxylic acids is 1. The molecule has 1 saturated heterocycles. The van der Waals surface area contributed by atoms with Crippen LogP contribution in [-0.2, 0) is 4.79 Å². The maximum Gasteiger partial charge on any atom is 0.270 e. The van der Waals surface area contributed by atoms with Crippen LogP contribution in [0, 0.1) is 15.9 Å². The lowest BCUT2D eigenvalue weighted by molar-refractivity contribution is -0.384. The molecular formula is C16H10FN3O3S. The first-order chi connectivity index (χ1) is 11.5. The number of thioether (sulfide) groups is 1. The summed E-state index contributed by atoms with van der Waals surface area (Å²) in [5, 5.41) is 13.8. The molecule has 1 heterocycles. The Morgan fingerprint density at radius 3 is 2.67 bits per heavy atom. The van der Waals surface area contributed by atoms with Gasteiger partial charge in [-0.15, -0.1) is 0 Å². The van der Waals surface area contributed by atoms with Crippen LogP contribution in [0.15, 0.2) is 58.4 Å². The largest absolute Gasteiger partial charge is 0.300 e. The Morgan fingerprint density at radius 2 is 1.96 bits per heavy atom. The van der Waals surface area contributed by atoms with Crippen LogP contribution in [0.2, 0.25) is 0 Å².